The van der Waals surface area contributed by atoms with Crippen LogP contribution in [0, 0.1) is 0 Å². The van der Waals surface area contributed by atoms with E-state index >= 15 is 0 Å². The standard InChI is InChI=1S/C14H19N3O2/c1-19-9-7-17(6-8-18)14-4-5-16-13-10-11(15)2-3-12(13)14/h2-5,10,18H,6-9,15H2,1H3. The van der Waals surface area contributed by atoms with E-state index < -0.39 is 0 Å². The number of aromatic nitrogens is 1. The van der Waals surface area contributed by atoms with E-state index in [9.17, 15) is 5.11 Å². The van der Waals surface area contributed by atoms with Gasteiger partial charge in [0.25, 0.3) is 0 Å². The highest BCUT2D eigenvalue weighted by atomic mass is 16.5. The number of rotatable bonds is 6. The van der Waals surface area contributed by atoms with Gasteiger partial charge in [-0.1, -0.05) is 0 Å². The maximum absolute atomic E-state index is 9.20. The lowest BCUT2D eigenvalue weighted by atomic mass is 10.1. The molecule has 0 aliphatic carbocycles. The van der Waals surface area contributed by atoms with Crippen molar-refractivity contribution in [2.45, 2.75) is 0 Å². The Morgan fingerprint density at radius 1 is 1.32 bits per heavy atom. The maximum atomic E-state index is 9.20. The third-order valence-electron chi connectivity index (χ3n) is 3.02. The highest BCUT2D eigenvalue weighted by Crippen LogP contribution is 2.26. The van der Waals surface area contributed by atoms with E-state index in [1.807, 2.05) is 24.3 Å². The summed E-state index contributed by atoms with van der Waals surface area (Å²) in [5.74, 6) is 0. The van der Waals surface area contributed by atoms with Crippen molar-refractivity contribution in [1.29, 1.82) is 0 Å². The van der Waals surface area contributed by atoms with Gasteiger partial charge in [0.2, 0.25) is 0 Å². The third kappa shape index (κ3) is 3.13. The fourth-order valence-electron chi connectivity index (χ4n) is 2.10. The average molecular weight is 261 g/mol. The summed E-state index contributed by atoms with van der Waals surface area (Å²) < 4.78 is 5.11. The summed E-state index contributed by atoms with van der Waals surface area (Å²) in [5.41, 5.74) is 8.37. The summed E-state index contributed by atoms with van der Waals surface area (Å²) in [6, 6.07) is 7.63. The zero-order chi connectivity index (χ0) is 13.7. The highest BCUT2D eigenvalue weighted by Gasteiger charge is 2.10. The van der Waals surface area contributed by atoms with E-state index in [-0.39, 0.29) is 6.61 Å². The number of methoxy groups -OCH3 is 1. The zero-order valence-corrected chi connectivity index (χ0v) is 11.0. The molecule has 0 radical (unpaired) electrons. The number of anilines is 2. The maximum Gasteiger partial charge on any atom is 0.0743 e. The van der Waals surface area contributed by atoms with Gasteiger partial charge in [0.05, 0.1) is 18.7 Å². The number of pyridine rings is 1. The Morgan fingerprint density at radius 3 is 2.89 bits per heavy atom. The number of nitrogens with zero attached hydrogens (tertiary/aromatic N) is 2. The average Bonchev–Trinajstić information content (AvgIpc) is 2.42. The molecule has 1 heterocycles. The normalized spacial score (nSPS) is 10.8. The van der Waals surface area contributed by atoms with Crippen LogP contribution < -0.4 is 10.6 Å². The molecular formula is C14H19N3O2. The Kier molecular flexibility index (Phi) is 4.54. The van der Waals surface area contributed by atoms with Crippen LogP contribution in [-0.2, 0) is 4.74 Å². The number of nitrogen functional groups attached to an aromatic ring is 1. The van der Waals surface area contributed by atoms with E-state index in [1.165, 1.54) is 0 Å². The molecule has 5 nitrogen and oxygen atoms in total. The van der Waals surface area contributed by atoms with E-state index in [4.69, 9.17) is 10.5 Å². The lowest BCUT2D eigenvalue weighted by Crippen LogP contribution is -2.30. The Hall–Kier alpha value is -1.85. The van der Waals surface area contributed by atoms with Crippen LogP contribution >= 0.6 is 0 Å². The molecule has 2 aromatic rings. The molecular weight excluding hydrogens is 242 g/mol. The van der Waals surface area contributed by atoms with Crippen molar-refractivity contribution >= 4 is 22.3 Å². The summed E-state index contributed by atoms with van der Waals surface area (Å²) in [7, 11) is 1.67. The van der Waals surface area contributed by atoms with Gasteiger partial charge in [-0.25, -0.2) is 0 Å². The molecule has 1 aromatic carbocycles. The number of fused-ring (bicyclic) bond motifs is 1. The minimum Gasteiger partial charge on any atom is -0.399 e. The van der Waals surface area contributed by atoms with Crippen molar-refractivity contribution in [2.75, 3.05) is 44.0 Å². The molecule has 0 saturated heterocycles. The largest absolute Gasteiger partial charge is 0.399 e. The number of aliphatic hydroxyl groups excluding tert-OH is 1. The molecule has 0 spiro atoms. The molecule has 1 aromatic heterocycles. The van der Waals surface area contributed by atoms with Crippen LogP contribution in [0.2, 0.25) is 0 Å². The fraction of sp³-hybridized carbons (Fsp3) is 0.357. The van der Waals surface area contributed by atoms with E-state index in [0.717, 1.165) is 23.1 Å². The first-order valence-corrected chi connectivity index (χ1v) is 6.25. The van der Waals surface area contributed by atoms with Crippen LogP contribution in [0.4, 0.5) is 11.4 Å². The van der Waals surface area contributed by atoms with Crippen LogP contribution in [0.15, 0.2) is 30.5 Å². The summed E-state index contributed by atoms with van der Waals surface area (Å²) >= 11 is 0. The second-order valence-corrected chi connectivity index (χ2v) is 4.31. The van der Waals surface area contributed by atoms with Crippen molar-refractivity contribution in [1.82, 2.24) is 4.98 Å². The molecule has 2 rings (SSSR count). The number of hydrogen-bond acceptors (Lipinski definition) is 5. The van der Waals surface area contributed by atoms with Crippen LogP contribution in [0.3, 0.4) is 0 Å². The molecule has 0 unspecified atom stereocenters. The number of nitrogens with two attached hydrogens (primary N) is 1. The van der Waals surface area contributed by atoms with Crippen LogP contribution in [0.25, 0.3) is 10.9 Å². The fourth-order valence-corrected chi connectivity index (χ4v) is 2.10. The smallest absolute Gasteiger partial charge is 0.0743 e. The van der Waals surface area contributed by atoms with Crippen LogP contribution in [0.1, 0.15) is 0 Å². The SMILES string of the molecule is COCCN(CCO)c1ccnc2cc(N)ccc12. The van der Waals surface area contributed by atoms with Crippen molar-refractivity contribution < 1.29 is 9.84 Å². The number of benzene rings is 1. The quantitative estimate of drug-likeness (QED) is 0.766. The first kappa shape index (κ1) is 13.6. The molecule has 0 atom stereocenters. The molecule has 0 amide bonds. The lowest BCUT2D eigenvalue weighted by Gasteiger charge is -2.24. The third-order valence-corrected chi connectivity index (χ3v) is 3.02. The minimum atomic E-state index is 0.0997. The number of aliphatic hydroxyl groups is 1. The van der Waals surface area contributed by atoms with Gasteiger partial charge >= 0.3 is 0 Å². The van der Waals surface area contributed by atoms with Gasteiger partial charge in [-0.05, 0) is 24.3 Å². The predicted octanol–water partition coefficient (Wildman–Crippen LogP) is 1.26. The topological polar surface area (TPSA) is 71.6 Å². The van der Waals surface area contributed by atoms with Gasteiger partial charge in [-0.3, -0.25) is 4.98 Å². The Bertz CT molecular complexity index is 545. The van der Waals surface area contributed by atoms with Crippen molar-refractivity contribution in [3.05, 3.63) is 30.5 Å². The van der Waals surface area contributed by atoms with E-state index in [2.05, 4.69) is 9.88 Å². The number of ether oxygens (including phenoxy) is 1. The summed E-state index contributed by atoms with van der Waals surface area (Å²) in [6.45, 7) is 1.99. The molecule has 0 bridgehead atoms. The summed E-state index contributed by atoms with van der Waals surface area (Å²) in [6.07, 6.45) is 1.76. The predicted molar refractivity (Wildman–Crippen MR) is 77.3 cm³/mol. The summed E-state index contributed by atoms with van der Waals surface area (Å²) in [5, 5.41) is 10.2. The lowest BCUT2D eigenvalue weighted by molar-refractivity contribution is 0.203. The molecule has 0 fully saturated rings. The molecule has 0 aliphatic heterocycles. The zero-order valence-electron chi connectivity index (χ0n) is 11.0. The van der Waals surface area contributed by atoms with Gasteiger partial charge in [0.15, 0.2) is 0 Å². The molecule has 102 valence electrons. The first-order valence-electron chi connectivity index (χ1n) is 6.25. The summed E-state index contributed by atoms with van der Waals surface area (Å²) in [4.78, 5) is 6.41. The molecule has 3 N–H and O–H groups in total. The Morgan fingerprint density at radius 2 is 2.16 bits per heavy atom. The van der Waals surface area contributed by atoms with Crippen LogP contribution in [0.5, 0.6) is 0 Å². The van der Waals surface area contributed by atoms with Crippen molar-refractivity contribution in [2.24, 2.45) is 0 Å². The Labute approximate surface area is 112 Å². The van der Waals surface area contributed by atoms with E-state index in [1.54, 1.807) is 13.3 Å². The van der Waals surface area contributed by atoms with Crippen molar-refractivity contribution in [3.8, 4) is 0 Å². The monoisotopic (exact) mass is 261 g/mol. The van der Waals surface area contributed by atoms with Gasteiger partial charge < -0.3 is 20.5 Å². The van der Waals surface area contributed by atoms with Crippen molar-refractivity contribution in [3.63, 3.8) is 0 Å². The minimum absolute atomic E-state index is 0.0997. The van der Waals surface area contributed by atoms with Crippen LogP contribution in [-0.4, -0.2) is 43.5 Å². The van der Waals surface area contributed by atoms with Gasteiger partial charge in [-0.2, -0.15) is 0 Å². The molecule has 5 heteroatoms. The van der Waals surface area contributed by atoms with E-state index in [0.29, 0.717) is 18.8 Å². The van der Waals surface area contributed by atoms with Gasteiger partial charge in [-0.15, -0.1) is 0 Å². The number of hydrogen-bond donors (Lipinski definition) is 2. The second kappa shape index (κ2) is 6.36. The first-order chi connectivity index (χ1) is 9.26. The molecule has 19 heavy (non-hydrogen) atoms. The second-order valence-electron chi connectivity index (χ2n) is 4.31. The Balaban J connectivity index is 2.40. The van der Waals surface area contributed by atoms with Gasteiger partial charge in [0.1, 0.15) is 0 Å². The highest BCUT2D eigenvalue weighted by molar-refractivity contribution is 5.93. The molecule has 0 aliphatic rings. The van der Waals surface area contributed by atoms with Gasteiger partial charge in [0, 0.05) is 43.2 Å². The molecule has 0 saturated carbocycles.